The molecule has 1 aliphatic heterocycles. The first-order chi connectivity index (χ1) is 14.2. The molecule has 3 N–H and O–H groups in total. The molecule has 2 amide bonds. The number of rotatable bonds is 5. The minimum absolute atomic E-state index is 0.0148. The summed E-state index contributed by atoms with van der Waals surface area (Å²) in [6.07, 6.45) is 4.38. The van der Waals surface area contributed by atoms with E-state index in [0.717, 1.165) is 5.56 Å². The van der Waals surface area contributed by atoms with Crippen LogP contribution >= 0.6 is 11.6 Å². The number of primary sulfonamides is 1. The Morgan fingerprint density at radius 2 is 1.63 bits per heavy atom. The summed E-state index contributed by atoms with van der Waals surface area (Å²) in [7, 11) is -3.77. The van der Waals surface area contributed by atoms with Gasteiger partial charge in [-0.1, -0.05) is 23.7 Å². The second-order valence-electron chi connectivity index (χ2n) is 7.04. The summed E-state index contributed by atoms with van der Waals surface area (Å²) in [6, 6.07) is 12.9. The van der Waals surface area contributed by atoms with Gasteiger partial charge in [-0.3, -0.25) is 9.59 Å². The Bertz CT molecular complexity index is 1040. The molecule has 0 aromatic heterocycles. The second kappa shape index (κ2) is 9.42. The lowest BCUT2D eigenvalue weighted by Gasteiger charge is -2.30. The molecule has 1 heterocycles. The third kappa shape index (κ3) is 5.91. The number of nitrogens with two attached hydrogens (primary N) is 1. The van der Waals surface area contributed by atoms with Crippen molar-refractivity contribution in [3.05, 3.63) is 65.2 Å². The quantitative estimate of drug-likeness (QED) is 0.686. The third-order valence-electron chi connectivity index (χ3n) is 4.92. The molecule has 1 fully saturated rings. The summed E-state index contributed by atoms with van der Waals surface area (Å²) in [5.41, 5.74) is 1.38. The molecule has 1 aliphatic rings. The van der Waals surface area contributed by atoms with Gasteiger partial charge in [-0.2, -0.15) is 0 Å². The van der Waals surface area contributed by atoms with Crippen molar-refractivity contribution in [3.8, 4) is 0 Å². The summed E-state index contributed by atoms with van der Waals surface area (Å²) in [5, 5.41) is 8.49. The normalized spacial score (nSPS) is 15.3. The van der Waals surface area contributed by atoms with E-state index < -0.39 is 10.0 Å². The van der Waals surface area contributed by atoms with E-state index in [1.165, 1.54) is 30.3 Å². The van der Waals surface area contributed by atoms with Crippen LogP contribution in [0.4, 0.5) is 5.69 Å². The molecule has 0 bridgehead atoms. The minimum atomic E-state index is -3.77. The summed E-state index contributed by atoms with van der Waals surface area (Å²) in [6.45, 7) is 0.985. The van der Waals surface area contributed by atoms with E-state index in [2.05, 4.69) is 5.32 Å². The molecule has 0 aliphatic carbocycles. The number of nitrogens with one attached hydrogen (secondary N) is 1. The molecule has 0 spiro atoms. The van der Waals surface area contributed by atoms with Crippen molar-refractivity contribution in [1.29, 1.82) is 0 Å². The number of carbonyl (C=O) groups is 2. The SMILES string of the molecule is NS(=O)(=O)c1ccc(NC(=O)C2CCN(C(=O)/C=C/c3ccc(Cl)cc3)CC2)cc1. The largest absolute Gasteiger partial charge is 0.339 e. The molecule has 158 valence electrons. The van der Waals surface area contributed by atoms with Crippen molar-refractivity contribution in [2.45, 2.75) is 17.7 Å². The number of benzene rings is 2. The number of likely N-dealkylation sites (tertiary alicyclic amines) is 1. The molecule has 7 nitrogen and oxygen atoms in total. The maximum absolute atomic E-state index is 12.5. The lowest BCUT2D eigenvalue weighted by atomic mass is 9.95. The van der Waals surface area contributed by atoms with E-state index in [0.29, 0.717) is 36.6 Å². The Hall–Kier alpha value is -2.68. The van der Waals surface area contributed by atoms with Gasteiger partial charge in [0, 0.05) is 35.8 Å². The zero-order valence-electron chi connectivity index (χ0n) is 16.1. The molecule has 3 rings (SSSR count). The van der Waals surface area contributed by atoms with E-state index in [4.69, 9.17) is 16.7 Å². The molecule has 0 atom stereocenters. The van der Waals surface area contributed by atoms with Gasteiger partial charge in [-0.15, -0.1) is 0 Å². The van der Waals surface area contributed by atoms with E-state index in [1.54, 1.807) is 23.1 Å². The summed E-state index contributed by atoms with van der Waals surface area (Å²) >= 11 is 5.85. The lowest BCUT2D eigenvalue weighted by molar-refractivity contribution is -0.130. The molecular weight excluding hydrogens is 426 g/mol. The Morgan fingerprint density at radius 3 is 2.20 bits per heavy atom. The van der Waals surface area contributed by atoms with Crippen molar-refractivity contribution >= 4 is 45.2 Å². The van der Waals surface area contributed by atoms with E-state index in [-0.39, 0.29) is 22.6 Å². The molecule has 2 aromatic rings. The first kappa shape index (κ1) is 22.0. The second-order valence-corrected chi connectivity index (χ2v) is 9.04. The van der Waals surface area contributed by atoms with Gasteiger partial charge in [0.05, 0.1) is 4.90 Å². The highest BCUT2D eigenvalue weighted by Gasteiger charge is 2.26. The van der Waals surface area contributed by atoms with Crippen molar-refractivity contribution < 1.29 is 18.0 Å². The fourth-order valence-electron chi connectivity index (χ4n) is 3.18. The topological polar surface area (TPSA) is 110 Å². The molecule has 2 aromatic carbocycles. The average molecular weight is 448 g/mol. The number of halogens is 1. The third-order valence-corrected chi connectivity index (χ3v) is 6.10. The summed E-state index contributed by atoms with van der Waals surface area (Å²) in [4.78, 5) is 26.6. The Morgan fingerprint density at radius 1 is 1.03 bits per heavy atom. The van der Waals surface area contributed by atoms with E-state index >= 15 is 0 Å². The highest BCUT2D eigenvalue weighted by molar-refractivity contribution is 7.89. The molecule has 9 heteroatoms. The van der Waals surface area contributed by atoms with Crippen LogP contribution in [0.25, 0.3) is 6.08 Å². The van der Waals surface area contributed by atoms with Crippen LogP contribution in [-0.4, -0.2) is 38.2 Å². The van der Waals surface area contributed by atoms with Crippen LogP contribution in [0.5, 0.6) is 0 Å². The smallest absolute Gasteiger partial charge is 0.246 e. The predicted octanol–water partition coefficient (Wildman–Crippen LogP) is 2.88. The summed E-state index contributed by atoms with van der Waals surface area (Å²) < 4.78 is 22.6. The Balaban J connectivity index is 1.50. The van der Waals surface area contributed by atoms with Crippen LogP contribution < -0.4 is 10.5 Å². The van der Waals surface area contributed by atoms with Gasteiger partial charge in [0.25, 0.3) is 0 Å². The molecule has 0 saturated carbocycles. The zero-order valence-corrected chi connectivity index (χ0v) is 17.7. The number of amides is 2. The maximum atomic E-state index is 12.5. The lowest BCUT2D eigenvalue weighted by Crippen LogP contribution is -2.40. The molecular formula is C21H22ClN3O4S. The molecule has 1 saturated heterocycles. The monoisotopic (exact) mass is 447 g/mol. The molecule has 30 heavy (non-hydrogen) atoms. The minimum Gasteiger partial charge on any atom is -0.339 e. The van der Waals surface area contributed by atoms with Crippen molar-refractivity contribution in [2.75, 3.05) is 18.4 Å². The van der Waals surface area contributed by atoms with Gasteiger partial charge < -0.3 is 10.2 Å². The molecule has 0 radical (unpaired) electrons. The number of hydrogen-bond donors (Lipinski definition) is 2. The zero-order chi connectivity index (χ0) is 21.7. The van der Waals surface area contributed by atoms with Gasteiger partial charge in [0.15, 0.2) is 0 Å². The highest BCUT2D eigenvalue weighted by atomic mass is 35.5. The van der Waals surface area contributed by atoms with Crippen molar-refractivity contribution in [3.63, 3.8) is 0 Å². The number of nitrogens with zero attached hydrogens (tertiary/aromatic N) is 1. The van der Waals surface area contributed by atoms with Gasteiger partial charge in [-0.25, -0.2) is 13.6 Å². The fraction of sp³-hybridized carbons (Fsp3) is 0.238. The maximum Gasteiger partial charge on any atom is 0.246 e. The van der Waals surface area contributed by atoms with Crippen LogP contribution in [0.1, 0.15) is 18.4 Å². The van der Waals surface area contributed by atoms with Crippen LogP contribution in [0.3, 0.4) is 0 Å². The van der Waals surface area contributed by atoms with Crippen molar-refractivity contribution in [1.82, 2.24) is 4.90 Å². The predicted molar refractivity (Wildman–Crippen MR) is 116 cm³/mol. The van der Waals surface area contributed by atoms with Gasteiger partial charge in [0.1, 0.15) is 0 Å². The average Bonchev–Trinajstić information content (AvgIpc) is 2.73. The van der Waals surface area contributed by atoms with Crippen LogP contribution in [0.2, 0.25) is 5.02 Å². The Labute approximate surface area is 180 Å². The standard InChI is InChI=1S/C21H22ClN3O4S/c22-17-4-1-15(2-5-17)3-10-20(26)25-13-11-16(12-14-25)21(27)24-18-6-8-19(9-7-18)30(23,28)29/h1-10,16H,11-14H2,(H,24,27)(H2,23,28,29)/b10-3+. The first-order valence-electron chi connectivity index (χ1n) is 9.39. The van der Waals surface area contributed by atoms with Crippen LogP contribution in [-0.2, 0) is 19.6 Å². The van der Waals surface area contributed by atoms with Gasteiger partial charge in [0.2, 0.25) is 21.8 Å². The number of piperidine rings is 1. The van der Waals surface area contributed by atoms with Gasteiger partial charge in [-0.05, 0) is 60.9 Å². The van der Waals surface area contributed by atoms with Crippen molar-refractivity contribution in [2.24, 2.45) is 11.1 Å². The fourth-order valence-corrected chi connectivity index (χ4v) is 3.82. The van der Waals surface area contributed by atoms with E-state index in [1.807, 2.05) is 12.1 Å². The Kier molecular flexibility index (Phi) is 6.91. The van der Waals surface area contributed by atoms with Crippen LogP contribution in [0, 0.1) is 5.92 Å². The number of anilines is 1. The van der Waals surface area contributed by atoms with Crippen LogP contribution in [0.15, 0.2) is 59.5 Å². The number of sulfonamides is 1. The number of hydrogen-bond acceptors (Lipinski definition) is 4. The first-order valence-corrected chi connectivity index (χ1v) is 11.3. The summed E-state index contributed by atoms with van der Waals surface area (Å²) in [5.74, 6) is -0.461. The highest BCUT2D eigenvalue weighted by Crippen LogP contribution is 2.21. The van der Waals surface area contributed by atoms with Gasteiger partial charge >= 0.3 is 0 Å². The molecule has 0 unspecified atom stereocenters. The van der Waals surface area contributed by atoms with E-state index in [9.17, 15) is 18.0 Å². The number of carbonyl (C=O) groups excluding carboxylic acids is 2.